The number of carbonyl (C=O) groups excluding carboxylic acids is 2. The Hall–Kier alpha value is -1.59. The Morgan fingerprint density at radius 1 is 1.39 bits per heavy atom. The molecule has 23 heavy (non-hydrogen) atoms. The molecule has 6 heteroatoms. The first-order valence-electron chi connectivity index (χ1n) is 8.24. The van der Waals surface area contributed by atoms with Crippen LogP contribution in [0.15, 0.2) is 18.2 Å². The van der Waals surface area contributed by atoms with Gasteiger partial charge in [0.05, 0.1) is 12.5 Å². The summed E-state index contributed by atoms with van der Waals surface area (Å²) in [7, 11) is 0. The van der Waals surface area contributed by atoms with Gasteiger partial charge >= 0.3 is 0 Å². The van der Waals surface area contributed by atoms with Crippen LogP contribution in [0.25, 0.3) is 0 Å². The number of benzene rings is 1. The molecule has 0 bridgehead atoms. The fourth-order valence-electron chi connectivity index (χ4n) is 3.49. The number of anilines is 1. The van der Waals surface area contributed by atoms with Crippen LogP contribution in [0.2, 0.25) is 5.02 Å². The Bertz CT molecular complexity index is 620. The molecule has 2 amide bonds. The fourth-order valence-corrected chi connectivity index (χ4v) is 3.67. The highest BCUT2D eigenvalue weighted by atomic mass is 35.5. The van der Waals surface area contributed by atoms with Crippen LogP contribution in [0.5, 0.6) is 0 Å². The molecule has 1 aliphatic carbocycles. The molecule has 1 heterocycles. The van der Waals surface area contributed by atoms with Gasteiger partial charge in [0.25, 0.3) is 5.91 Å². The number of carbonyl (C=O) groups is 2. The second-order valence-electron chi connectivity index (χ2n) is 6.58. The molecule has 0 spiro atoms. The first-order chi connectivity index (χ1) is 11.0. The van der Waals surface area contributed by atoms with Gasteiger partial charge in [-0.3, -0.25) is 9.59 Å². The molecule has 2 aliphatic rings. The number of aryl methyl sites for hydroxylation is 1. The van der Waals surface area contributed by atoms with Gasteiger partial charge in [0.2, 0.25) is 5.91 Å². The average molecular weight is 337 g/mol. The highest BCUT2D eigenvalue weighted by Gasteiger charge is 2.40. The normalized spacial score (nSPS) is 27.0. The Morgan fingerprint density at radius 3 is 2.96 bits per heavy atom. The zero-order valence-electron chi connectivity index (χ0n) is 13.3. The van der Waals surface area contributed by atoms with E-state index >= 15 is 0 Å². The molecule has 4 N–H and O–H groups in total. The van der Waals surface area contributed by atoms with E-state index in [2.05, 4.69) is 16.0 Å². The number of nitrogens with two attached hydrogens (primary N) is 1. The summed E-state index contributed by atoms with van der Waals surface area (Å²) in [5, 5.41) is 8.62. The summed E-state index contributed by atoms with van der Waals surface area (Å²) in [4.78, 5) is 24.4. The van der Waals surface area contributed by atoms with Gasteiger partial charge in [-0.05, 0) is 37.5 Å². The summed E-state index contributed by atoms with van der Waals surface area (Å²) in [6.45, 7) is 1.91. The third-order valence-electron chi connectivity index (χ3n) is 4.82. The summed E-state index contributed by atoms with van der Waals surface area (Å²) >= 11 is 6.07. The maximum Gasteiger partial charge on any atom is 0.279 e. The van der Waals surface area contributed by atoms with E-state index in [1.807, 2.05) is 19.1 Å². The van der Waals surface area contributed by atoms with Crippen LogP contribution in [0.3, 0.4) is 0 Å². The van der Waals surface area contributed by atoms with E-state index in [1.54, 1.807) is 6.07 Å². The number of hydrogen-bond acceptors (Lipinski definition) is 2. The van der Waals surface area contributed by atoms with Crippen molar-refractivity contribution >= 4 is 29.1 Å². The molecular weight excluding hydrogens is 314 g/mol. The minimum Gasteiger partial charge on any atom is -0.342 e. The quantitative estimate of drug-likeness (QED) is 0.779. The molecular formula is C17H23ClN3O2+. The van der Waals surface area contributed by atoms with Gasteiger partial charge < -0.3 is 16.0 Å². The smallest absolute Gasteiger partial charge is 0.279 e. The molecule has 3 rings (SSSR count). The van der Waals surface area contributed by atoms with E-state index in [-0.39, 0.29) is 30.3 Å². The Morgan fingerprint density at radius 2 is 2.17 bits per heavy atom. The largest absolute Gasteiger partial charge is 0.342 e. The Kier molecular flexibility index (Phi) is 4.87. The minimum absolute atomic E-state index is 0.0229. The highest BCUT2D eigenvalue weighted by Crippen LogP contribution is 2.21. The minimum atomic E-state index is -0.338. The van der Waals surface area contributed by atoms with Crippen LogP contribution in [0, 0.1) is 6.92 Å². The number of piperazine rings is 1. The van der Waals surface area contributed by atoms with Crippen molar-refractivity contribution in [3.05, 3.63) is 28.8 Å². The zero-order chi connectivity index (χ0) is 16.4. The first-order valence-corrected chi connectivity index (χ1v) is 8.62. The number of hydrogen-bond donors (Lipinski definition) is 3. The number of nitrogens with one attached hydrogen (secondary N) is 2. The third-order valence-corrected chi connectivity index (χ3v) is 5.23. The molecule has 0 unspecified atom stereocenters. The van der Waals surface area contributed by atoms with Crippen LogP contribution < -0.4 is 16.0 Å². The SMILES string of the molecule is Cc1ccc(NC(=O)C[C@H]2[NH2+][C@@H]3CCCC[C@@H]3NC2=O)cc1Cl. The van der Waals surface area contributed by atoms with Crippen LogP contribution in [-0.4, -0.2) is 29.9 Å². The predicted octanol–water partition coefficient (Wildman–Crippen LogP) is 1.35. The number of halogens is 1. The van der Waals surface area contributed by atoms with Crippen molar-refractivity contribution in [1.82, 2.24) is 5.32 Å². The van der Waals surface area contributed by atoms with Gasteiger partial charge in [-0.2, -0.15) is 0 Å². The van der Waals surface area contributed by atoms with Crippen molar-refractivity contribution < 1.29 is 14.9 Å². The summed E-state index contributed by atoms with van der Waals surface area (Å²) in [6.07, 6.45) is 4.72. The highest BCUT2D eigenvalue weighted by molar-refractivity contribution is 6.31. The van der Waals surface area contributed by atoms with E-state index < -0.39 is 0 Å². The molecule has 1 aromatic rings. The first kappa shape index (κ1) is 16.3. The van der Waals surface area contributed by atoms with Gasteiger partial charge in [-0.25, -0.2) is 0 Å². The zero-order valence-corrected chi connectivity index (χ0v) is 14.0. The lowest BCUT2D eigenvalue weighted by molar-refractivity contribution is -0.718. The second kappa shape index (κ2) is 6.89. The summed E-state index contributed by atoms with van der Waals surface area (Å²) in [5.74, 6) is -0.180. The molecule has 124 valence electrons. The average Bonchev–Trinajstić information content (AvgIpc) is 2.51. The molecule has 5 nitrogen and oxygen atoms in total. The molecule has 0 radical (unpaired) electrons. The van der Waals surface area contributed by atoms with Crippen molar-refractivity contribution in [2.24, 2.45) is 0 Å². The molecule has 1 aromatic carbocycles. The monoisotopic (exact) mass is 336 g/mol. The third kappa shape index (κ3) is 3.85. The molecule has 2 fully saturated rings. The predicted molar refractivity (Wildman–Crippen MR) is 89.3 cm³/mol. The van der Waals surface area contributed by atoms with Crippen molar-refractivity contribution in [3.63, 3.8) is 0 Å². The topological polar surface area (TPSA) is 74.8 Å². The summed E-state index contributed by atoms with van der Waals surface area (Å²) < 4.78 is 0. The molecule has 3 atom stereocenters. The van der Waals surface area contributed by atoms with Crippen molar-refractivity contribution in [3.8, 4) is 0 Å². The van der Waals surface area contributed by atoms with E-state index in [0.29, 0.717) is 16.8 Å². The van der Waals surface area contributed by atoms with E-state index in [4.69, 9.17) is 11.6 Å². The standard InChI is InChI=1S/C17H22ClN3O2/c1-10-6-7-11(8-12(10)18)19-16(22)9-15-17(23)21-14-5-3-2-4-13(14)20-15/h6-8,13-15,20H,2-5,9H2,1H3,(H,19,22)(H,21,23)/p+1/t13-,14+,15-/m1/s1. The number of quaternary nitrogens is 1. The van der Waals surface area contributed by atoms with Gasteiger partial charge in [0, 0.05) is 17.1 Å². The Labute approximate surface area is 141 Å². The van der Waals surface area contributed by atoms with Gasteiger partial charge in [0.1, 0.15) is 6.04 Å². The summed E-state index contributed by atoms with van der Waals surface area (Å²) in [5.41, 5.74) is 1.63. The Balaban J connectivity index is 1.58. The molecule has 1 saturated carbocycles. The van der Waals surface area contributed by atoms with E-state index in [0.717, 1.165) is 18.4 Å². The van der Waals surface area contributed by atoms with Crippen LogP contribution >= 0.6 is 11.6 Å². The maximum atomic E-state index is 12.2. The van der Waals surface area contributed by atoms with Crippen LogP contribution in [-0.2, 0) is 9.59 Å². The lowest BCUT2D eigenvalue weighted by Crippen LogP contribution is -3.03. The second-order valence-corrected chi connectivity index (χ2v) is 6.99. The van der Waals surface area contributed by atoms with Crippen molar-refractivity contribution in [1.29, 1.82) is 0 Å². The number of rotatable bonds is 3. The van der Waals surface area contributed by atoms with E-state index in [9.17, 15) is 9.59 Å². The lowest BCUT2D eigenvalue weighted by Gasteiger charge is -2.37. The summed E-state index contributed by atoms with van der Waals surface area (Å²) in [6, 6.07) is 5.76. The molecule has 1 saturated heterocycles. The van der Waals surface area contributed by atoms with Crippen molar-refractivity contribution in [2.75, 3.05) is 5.32 Å². The van der Waals surface area contributed by atoms with Gasteiger partial charge in [-0.15, -0.1) is 0 Å². The molecule has 1 aliphatic heterocycles. The van der Waals surface area contributed by atoms with Gasteiger partial charge in [-0.1, -0.05) is 24.1 Å². The number of fused-ring (bicyclic) bond motifs is 1. The fraction of sp³-hybridized carbons (Fsp3) is 0.529. The molecule has 0 aromatic heterocycles. The van der Waals surface area contributed by atoms with Crippen molar-refractivity contribution in [2.45, 2.75) is 57.2 Å². The number of amides is 2. The van der Waals surface area contributed by atoms with Gasteiger partial charge in [0.15, 0.2) is 6.04 Å². The van der Waals surface area contributed by atoms with E-state index in [1.165, 1.54) is 12.8 Å². The lowest BCUT2D eigenvalue weighted by atomic mass is 9.87. The maximum absolute atomic E-state index is 12.2. The van der Waals surface area contributed by atoms with Crippen LogP contribution in [0.4, 0.5) is 5.69 Å². The van der Waals surface area contributed by atoms with Crippen LogP contribution in [0.1, 0.15) is 37.7 Å².